The largest absolute Gasteiger partial charge is 0.383 e. The van der Waals surface area contributed by atoms with Crippen LogP contribution in [0.15, 0.2) is 53.4 Å². The van der Waals surface area contributed by atoms with Gasteiger partial charge < -0.3 is 10.1 Å². The molecule has 0 unspecified atom stereocenters. The molecule has 8 heteroatoms. The van der Waals surface area contributed by atoms with Gasteiger partial charge in [-0.15, -0.1) is 0 Å². The van der Waals surface area contributed by atoms with Crippen molar-refractivity contribution >= 4 is 33.2 Å². The lowest BCUT2D eigenvalue weighted by molar-refractivity contribution is -0.120. The maximum absolute atomic E-state index is 13.2. The molecule has 0 heterocycles. The van der Waals surface area contributed by atoms with Gasteiger partial charge in [-0.25, -0.2) is 8.42 Å². The number of anilines is 1. The Labute approximate surface area is 165 Å². The molecule has 2 aromatic carbocycles. The van der Waals surface area contributed by atoms with E-state index < -0.39 is 15.9 Å². The Morgan fingerprint density at radius 1 is 1.22 bits per heavy atom. The van der Waals surface area contributed by atoms with E-state index in [0.29, 0.717) is 22.9 Å². The maximum Gasteiger partial charge on any atom is 0.264 e. The van der Waals surface area contributed by atoms with Crippen molar-refractivity contribution in [1.82, 2.24) is 5.32 Å². The van der Waals surface area contributed by atoms with Crippen molar-refractivity contribution in [3.63, 3.8) is 0 Å². The Bertz CT molecular complexity index is 888. The molecule has 2 aromatic rings. The van der Waals surface area contributed by atoms with Gasteiger partial charge in [0, 0.05) is 18.2 Å². The molecule has 0 bridgehead atoms. The molecule has 0 aliphatic heterocycles. The van der Waals surface area contributed by atoms with Crippen LogP contribution in [0.4, 0.5) is 5.69 Å². The average molecular weight is 411 g/mol. The Kier molecular flexibility index (Phi) is 7.24. The number of nitrogens with zero attached hydrogens (tertiary/aromatic N) is 1. The van der Waals surface area contributed by atoms with Gasteiger partial charge in [0.1, 0.15) is 6.54 Å². The standard InChI is InChI=1S/C19H23ClN2O4S/c1-14-9-10-16(20)11-18(14)22(12-19(23)21-15(2)13-26-3)27(24,25)17-7-5-4-6-8-17/h4-11,15H,12-13H2,1-3H3,(H,21,23)/t15-/m1/s1. The smallest absolute Gasteiger partial charge is 0.264 e. The number of methoxy groups -OCH3 is 1. The molecular formula is C19H23ClN2O4S. The zero-order valence-corrected chi connectivity index (χ0v) is 17.0. The van der Waals surface area contributed by atoms with Crippen LogP contribution in [0.25, 0.3) is 0 Å². The van der Waals surface area contributed by atoms with Crippen molar-refractivity contribution in [3.8, 4) is 0 Å². The molecule has 2 rings (SSSR count). The van der Waals surface area contributed by atoms with Crippen LogP contribution in [0.1, 0.15) is 12.5 Å². The van der Waals surface area contributed by atoms with Gasteiger partial charge in [-0.1, -0.05) is 35.9 Å². The normalized spacial score (nSPS) is 12.4. The quantitative estimate of drug-likeness (QED) is 0.725. The van der Waals surface area contributed by atoms with Gasteiger partial charge >= 0.3 is 0 Å². The maximum atomic E-state index is 13.2. The molecule has 0 spiro atoms. The third-order valence-electron chi connectivity index (χ3n) is 3.88. The van der Waals surface area contributed by atoms with Gasteiger partial charge in [-0.3, -0.25) is 9.10 Å². The lowest BCUT2D eigenvalue weighted by Gasteiger charge is -2.26. The molecule has 0 saturated heterocycles. The molecule has 27 heavy (non-hydrogen) atoms. The number of carbonyl (C=O) groups excluding carboxylic acids is 1. The van der Waals surface area contributed by atoms with Gasteiger partial charge in [0.05, 0.1) is 17.2 Å². The van der Waals surface area contributed by atoms with Crippen LogP contribution in [-0.2, 0) is 19.6 Å². The summed E-state index contributed by atoms with van der Waals surface area (Å²) in [4.78, 5) is 12.6. The number of hydrogen-bond acceptors (Lipinski definition) is 4. The second-order valence-corrected chi connectivity index (χ2v) is 8.48. The number of benzene rings is 2. The van der Waals surface area contributed by atoms with Crippen LogP contribution < -0.4 is 9.62 Å². The van der Waals surface area contributed by atoms with Crippen molar-refractivity contribution in [2.45, 2.75) is 24.8 Å². The first-order chi connectivity index (χ1) is 12.8. The Balaban J connectivity index is 2.43. The highest BCUT2D eigenvalue weighted by molar-refractivity contribution is 7.92. The monoisotopic (exact) mass is 410 g/mol. The van der Waals surface area contributed by atoms with E-state index in [4.69, 9.17) is 16.3 Å². The Hall–Kier alpha value is -2.09. The number of carbonyl (C=O) groups is 1. The zero-order chi connectivity index (χ0) is 20.0. The van der Waals surface area contributed by atoms with Crippen LogP contribution in [0, 0.1) is 6.92 Å². The van der Waals surface area contributed by atoms with E-state index in [1.165, 1.54) is 19.2 Å². The highest BCUT2D eigenvalue weighted by atomic mass is 35.5. The summed E-state index contributed by atoms with van der Waals surface area (Å²) >= 11 is 6.08. The summed E-state index contributed by atoms with van der Waals surface area (Å²) < 4.78 is 32.5. The van der Waals surface area contributed by atoms with Crippen LogP contribution >= 0.6 is 11.6 Å². The van der Waals surface area contributed by atoms with Gasteiger partial charge in [0.2, 0.25) is 5.91 Å². The molecule has 0 aliphatic carbocycles. The lowest BCUT2D eigenvalue weighted by atomic mass is 10.2. The van der Waals surface area contributed by atoms with Gasteiger partial charge in [0.15, 0.2) is 0 Å². The summed E-state index contributed by atoms with van der Waals surface area (Å²) in [5.74, 6) is -0.432. The fraction of sp³-hybridized carbons (Fsp3) is 0.316. The summed E-state index contributed by atoms with van der Waals surface area (Å²) in [5, 5.41) is 3.12. The number of hydrogen-bond donors (Lipinski definition) is 1. The number of amides is 1. The highest BCUT2D eigenvalue weighted by Gasteiger charge is 2.28. The number of rotatable bonds is 8. The average Bonchev–Trinajstić information content (AvgIpc) is 2.62. The predicted molar refractivity (Wildman–Crippen MR) is 107 cm³/mol. The molecule has 1 N–H and O–H groups in total. The molecular weight excluding hydrogens is 388 g/mol. The Morgan fingerprint density at radius 3 is 2.52 bits per heavy atom. The molecule has 0 aromatic heterocycles. The van der Waals surface area contributed by atoms with Gasteiger partial charge in [-0.05, 0) is 43.7 Å². The summed E-state index contributed by atoms with van der Waals surface area (Å²) in [6, 6.07) is 12.7. The van der Waals surface area contributed by atoms with Crippen molar-refractivity contribution < 1.29 is 17.9 Å². The summed E-state index contributed by atoms with van der Waals surface area (Å²) in [6.07, 6.45) is 0. The van der Waals surface area contributed by atoms with E-state index in [9.17, 15) is 13.2 Å². The lowest BCUT2D eigenvalue weighted by Crippen LogP contribution is -2.45. The molecule has 146 valence electrons. The van der Waals surface area contributed by atoms with E-state index >= 15 is 0 Å². The van der Waals surface area contributed by atoms with Gasteiger partial charge in [0.25, 0.3) is 10.0 Å². The molecule has 6 nitrogen and oxygen atoms in total. The first-order valence-corrected chi connectivity index (χ1v) is 10.2. The topological polar surface area (TPSA) is 75.7 Å². The van der Waals surface area contributed by atoms with Crippen LogP contribution in [0.5, 0.6) is 0 Å². The SMILES string of the molecule is COC[C@@H](C)NC(=O)CN(c1cc(Cl)ccc1C)S(=O)(=O)c1ccccc1. The summed E-state index contributed by atoms with van der Waals surface area (Å²) in [6.45, 7) is 3.51. The van der Waals surface area contributed by atoms with Crippen molar-refractivity contribution in [2.24, 2.45) is 0 Å². The number of halogens is 1. The first kappa shape index (κ1) is 21.2. The molecule has 0 saturated carbocycles. The van der Waals surface area contributed by atoms with Crippen molar-refractivity contribution in [1.29, 1.82) is 0 Å². The van der Waals surface area contributed by atoms with E-state index in [2.05, 4.69) is 5.32 Å². The second kappa shape index (κ2) is 9.21. The fourth-order valence-electron chi connectivity index (χ4n) is 2.61. The summed E-state index contributed by atoms with van der Waals surface area (Å²) in [5.41, 5.74) is 1.05. The number of aryl methyl sites for hydroxylation is 1. The highest BCUT2D eigenvalue weighted by Crippen LogP contribution is 2.29. The van der Waals surface area contributed by atoms with Crippen molar-refractivity contribution in [2.75, 3.05) is 24.6 Å². The number of nitrogens with one attached hydrogen (secondary N) is 1. The minimum absolute atomic E-state index is 0.0992. The first-order valence-electron chi connectivity index (χ1n) is 8.38. The molecule has 1 amide bonds. The van der Waals surface area contributed by atoms with E-state index in [1.807, 2.05) is 0 Å². The zero-order valence-electron chi connectivity index (χ0n) is 15.5. The van der Waals surface area contributed by atoms with E-state index in [-0.39, 0.29) is 17.5 Å². The van der Waals surface area contributed by atoms with Crippen molar-refractivity contribution in [3.05, 3.63) is 59.1 Å². The molecule has 0 radical (unpaired) electrons. The second-order valence-electron chi connectivity index (χ2n) is 6.18. The molecule has 0 aliphatic rings. The number of sulfonamides is 1. The Morgan fingerprint density at radius 2 is 1.89 bits per heavy atom. The van der Waals surface area contributed by atoms with Crippen LogP contribution in [0.2, 0.25) is 5.02 Å². The molecule has 0 fully saturated rings. The third kappa shape index (κ3) is 5.45. The fourth-order valence-corrected chi connectivity index (χ4v) is 4.28. The minimum Gasteiger partial charge on any atom is -0.383 e. The summed E-state index contributed by atoms with van der Waals surface area (Å²) in [7, 11) is -2.42. The van der Waals surface area contributed by atoms with E-state index in [0.717, 1.165) is 4.31 Å². The molecule has 1 atom stereocenters. The van der Waals surface area contributed by atoms with Crippen LogP contribution in [0.3, 0.4) is 0 Å². The van der Waals surface area contributed by atoms with Gasteiger partial charge in [-0.2, -0.15) is 0 Å². The van der Waals surface area contributed by atoms with E-state index in [1.54, 1.807) is 50.2 Å². The minimum atomic E-state index is -3.95. The third-order valence-corrected chi connectivity index (χ3v) is 5.89. The predicted octanol–water partition coefficient (Wildman–Crippen LogP) is 2.99. The number of ether oxygens (including phenoxy) is 1. The van der Waals surface area contributed by atoms with Crippen LogP contribution in [-0.4, -0.2) is 40.6 Å².